The molecule has 1 fully saturated rings. The molecule has 1 heterocycles. The molecule has 1 unspecified atom stereocenters. The van der Waals surface area contributed by atoms with Gasteiger partial charge in [-0.05, 0) is 45.7 Å². The summed E-state index contributed by atoms with van der Waals surface area (Å²) < 4.78 is 15.2. The highest BCUT2D eigenvalue weighted by atomic mass is 16.6. The van der Waals surface area contributed by atoms with Gasteiger partial charge in [-0.2, -0.15) is 0 Å². The van der Waals surface area contributed by atoms with E-state index in [1.165, 1.54) is 0 Å². The number of benzene rings is 1. The molecule has 2 atom stereocenters. The summed E-state index contributed by atoms with van der Waals surface area (Å²) in [4.78, 5) is 48.9. The van der Waals surface area contributed by atoms with Gasteiger partial charge in [0.1, 0.15) is 24.3 Å². The van der Waals surface area contributed by atoms with Crippen LogP contribution in [0.25, 0.3) is 0 Å². The van der Waals surface area contributed by atoms with Crippen LogP contribution < -0.4 is 10.6 Å². The predicted molar refractivity (Wildman–Crippen MR) is 106 cm³/mol. The summed E-state index contributed by atoms with van der Waals surface area (Å²) >= 11 is 0. The van der Waals surface area contributed by atoms with Gasteiger partial charge in [0, 0.05) is 0 Å². The predicted octanol–water partition coefficient (Wildman–Crippen LogP) is 1.84. The molecule has 1 aliphatic heterocycles. The van der Waals surface area contributed by atoms with Gasteiger partial charge in [-0.25, -0.2) is 14.4 Å². The van der Waals surface area contributed by atoms with Crippen molar-refractivity contribution < 1.29 is 33.4 Å². The minimum atomic E-state index is -1.42. The van der Waals surface area contributed by atoms with Crippen molar-refractivity contribution in [2.75, 3.05) is 6.54 Å². The number of carbonyl (C=O) groups excluding carboxylic acids is 4. The van der Waals surface area contributed by atoms with Gasteiger partial charge < -0.3 is 24.8 Å². The van der Waals surface area contributed by atoms with Gasteiger partial charge >= 0.3 is 24.0 Å². The second-order valence-corrected chi connectivity index (χ2v) is 7.94. The Morgan fingerprint density at radius 2 is 1.87 bits per heavy atom. The van der Waals surface area contributed by atoms with Crippen molar-refractivity contribution in [2.24, 2.45) is 0 Å². The van der Waals surface area contributed by atoms with E-state index in [4.69, 9.17) is 14.2 Å². The number of ether oxygens (including phenoxy) is 3. The van der Waals surface area contributed by atoms with Crippen LogP contribution in [-0.2, 0) is 35.2 Å². The number of amides is 1. The highest BCUT2D eigenvalue weighted by Crippen LogP contribution is 2.11. The smallest absolute Gasteiger partial charge is 0.408 e. The van der Waals surface area contributed by atoms with E-state index < -0.39 is 48.1 Å². The van der Waals surface area contributed by atoms with Crippen molar-refractivity contribution in [1.29, 1.82) is 0 Å². The highest BCUT2D eigenvalue weighted by molar-refractivity contribution is 5.94. The van der Waals surface area contributed by atoms with Gasteiger partial charge in [0.2, 0.25) is 0 Å². The summed E-state index contributed by atoms with van der Waals surface area (Å²) in [6, 6.07) is 7.00. The topological polar surface area (TPSA) is 120 Å². The fourth-order valence-corrected chi connectivity index (χ4v) is 2.73. The van der Waals surface area contributed by atoms with Crippen molar-refractivity contribution in [2.45, 2.75) is 64.3 Å². The zero-order valence-corrected chi connectivity index (χ0v) is 17.4. The number of hydrogen-bond acceptors (Lipinski definition) is 8. The zero-order valence-electron chi connectivity index (χ0n) is 17.4. The molecule has 0 aromatic heterocycles. The Kier molecular flexibility index (Phi) is 8.35. The molecule has 9 heteroatoms. The first-order valence-corrected chi connectivity index (χ1v) is 9.82. The summed E-state index contributed by atoms with van der Waals surface area (Å²) in [6.45, 7) is 5.63. The molecular formula is C21H28N2O7. The van der Waals surface area contributed by atoms with Crippen LogP contribution in [-0.4, -0.2) is 48.2 Å². The molecule has 30 heavy (non-hydrogen) atoms. The highest BCUT2D eigenvalue weighted by Gasteiger charge is 2.32. The Morgan fingerprint density at radius 1 is 1.17 bits per heavy atom. The molecule has 0 spiro atoms. The van der Waals surface area contributed by atoms with Crippen molar-refractivity contribution in [3.63, 3.8) is 0 Å². The van der Waals surface area contributed by atoms with Gasteiger partial charge in [-0.1, -0.05) is 30.3 Å². The van der Waals surface area contributed by atoms with Crippen molar-refractivity contribution >= 4 is 24.0 Å². The molecule has 1 aromatic carbocycles. The quantitative estimate of drug-likeness (QED) is 0.389. The van der Waals surface area contributed by atoms with E-state index in [0.29, 0.717) is 13.0 Å². The summed E-state index contributed by atoms with van der Waals surface area (Å²) in [7, 11) is 0. The molecule has 2 N–H and O–H groups in total. The number of nitrogens with one attached hydrogen (secondary N) is 2. The minimum absolute atomic E-state index is 0.0127. The molecule has 9 nitrogen and oxygen atoms in total. The Bertz CT molecular complexity index is 752. The lowest BCUT2D eigenvalue weighted by Crippen LogP contribution is -2.47. The average Bonchev–Trinajstić information content (AvgIpc) is 3.20. The standard InChI is InChI=1S/C21H28N2O7/c1-21(2,3)30-20(27)23-16(19(26)29-18(25)15-10-7-11-22-15)12-17(24)28-13-14-8-5-4-6-9-14/h4-6,8-9,15-16,22H,7,10-13H2,1-3H3,(H,23,27)/t15-,16?/m0/s1. The third kappa shape index (κ3) is 8.20. The SMILES string of the molecule is CC(C)(C)OC(=O)NC(CC(=O)OCc1ccccc1)C(=O)OC(=O)[C@@H]1CCCN1. The van der Waals surface area contributed by atoms with E-state index >= 15 is 0 Å². The normalized spacial score (nSPS) is 17.0. The third-order valence-corrected chi connectivity index (χ3v) is 4.13. The molecule has 164 valence electrons. The van der Waals surface area contributed by atoms with Crippen LogP contribution in [0, 0.1) is 0 Å². The number of esters is 3. The number of carbonyl (C=O) groups is 4. The van der Waals surface area contributed by atoms with Crippen LogP contribution in [0.2, 0.25) is 0 Å². The molecule has 1 saturated heterocycles. The molecule has 0 bridgehead atoms. The Labute approximate surface area is 175 Å². The average molecular weight is 420 g/mol. The molecule has 2 rings (SSSR count). The van der Waals surface area contributed by atoms with Crippen LogP contribution >= 0.6 is 0 Å². The first-order chi connectivity index (χ1) is 14.1. The maximum atomic E-state index is 12.5. The van der Waals surface area contributed by atoms with Crippen LogP contribution in [0.4, 0.5) is 4.79 Å². The number of rotatable bonds is 7. The van der Waals surface area contributed by atoms with Gasteiger partial charge in [-0.15, -0.1) is 0 Å². The summed E-state index contributed by atoms with van der Waals surface area (Å²) in [5.41, 5.74) is -0.0387. The van der Waals surface area contributed by atoms with Crippen LogP contribution in [0.5, 0.6) is 0 Å². The molecule has 0 radical (unpaired) electrons. The fourth-order valence-electron chi connectivity index (χ4n) is 2.73. The first-order valence-electron chi connectivity index (χ1n) is 9.82. The number of alkyl carbamates (subject to hydrolysis) is 1. The summed E-state index contributed by atoms with van der Waals surface area (Å²) in [5.74, 6) is -2.52. The van der Waals surface area contributed by atoms with E-state index in [1.54, 1.807) is 45.0 Å². The monoisotopic (exact) mass is 420 g/mol. The van der Waals surface area contributed by atoms with E-state index in [-0.39, 0.29) is 6.61 Å². The maximum Gasteiger partial charge on any atom is 0.408 e. The Hall–Kier alpha value is -2.94. The van der Waals surface area contributed by atoms with Gasteiger partial charge in [0.15, 0.2) is 0 Å². The van der Waals surface area contributed by atoms with E-state index in [9.17, 15) is 19.2 Å². The van der Waals surface area contributed by atoms with E-state index in [2.05, 4.69) is 10.6 Å². The van der Waals surface area contributed by atoms with Crippen molar-refractivity contribution in [1.82, 2.24) is 10.6 Å². The Morgan fingerprint density at radius 3 is 2.47 bits per heavy atom. The van der Waals surface area contributed by atoms with Crippen LogP contribution in [0.1, 0.15) is 45.6 Å². The molecule has 1 aliphatic rings. The Balaban J connectivity index is 1.97. The van der Waals surface area contributed by atoms with Crippen LogP contribution in [0.3, 0.4) is 0 Å². The lowest BCUT2D eigenvalue weighted by molar-refractivity contribution is -0.164. The lowest BCUT2D eigenvalue weighted by atomic mass is 10.2. The lowest BCUT2D eigenvalue weighted by Gasteiger charge is -2.22. The summed E-state index contributed by atoms with van der Waals surface area (Å²) in [5, 5.41) is 5.21. The zero-order chi connectivity index (χ0) is 22.1. The van der Waals surface area contributed by atoms with Gasteiger partial charge in [0.05, 0.1) is 6.42 Å². The largest absolute Gasteiger partial charge is 0.461 e. The first kappa shape index (κ1) is 23.3. The molecule has 1 amide bonds. The molecule has 0 saturated carbocycles. The van der Waals surface area contributed by atoms with Gasteiger partial charge in [0.25, 0.3) is 0 Å². The van der Waals surface area contributed by atoms with E-state index in [1.807, 2.05) is 6.07 Å². The molecule has 1 aromatic rings. The minimum Gasteiger partial charge on any atom is -0.461 e. The second-order valence-electron chi connectivity index (χ2n) is 7.94. The van der Waals surface area contributed by atoms with Crippen molar-refractivity contribution in [3.8, 4) is 0 Å². The summed E-state index contributed by atoms with van der Waals surface area (Å²) in [6.07, 6.45) is -0.0721. The van der Waals surface area contributed by atoms with Crippen LogP contribution in [0.15, 0.2) is 30.3 Å². The van der Waals surface area contributed by atoms with Gasteiger partial charge in [-0.3, -0.25) is 4.79 Å². The second kappa shape index (κ2) is 10.7. The van der Waals surface area contributed by atoms with E-state index in [0.717, 1.165) is 12.0 Å². The number of hydrogen-bond donors (Lipinski definition) is 2. The molecule has 0 aliphatic carbocycles. The van der Waals surface area contributed by atoms with Crippen molar-refractivity contribution in [3.05, 3.63) is 35.9 Å². The molecular weight excluding hydrogens is 392 g/mol. The maximum absolute atomic E-state index is 12.5. The third-order valence-electron chi connectivity index (χ3n) is 4.13. The fraction of sp³-hybridized carbons (Fsp3) is 0.524.